The quantitative estimate of drug-likeness (QED) is 0.913. The Balaban J connectivity index is 1.55. The van der Waals surface area contributed by atoms with Gasteiger partial charge in [-0.3, -0.25) is 9.59 Å². The molecule has 2 aromatic rings. The van der Waals surface area contributed by atoms with Gasteiger partial charge in [0.1, 0.15) is 0 Å². The van der Waals surface area contributed by atoms with Crippen LogP contribution in [0.5, 0.6) is 0 Å². The van der Waals surface area contributed by atoms with Crippen molar-refractivity contribution in [2.75, 3.05) is 13.1 Å². The highest BCUT2D eigenvalue weighted by molar-refractivity contribution is 5.96. The maximum Gasteiger partial charge on any atom is 0.416 e. The highest BCUT2D eigenvalue weighted by atomic mass is 19.4. The lowest BCUT2D eigenvalue weighted by Gasteiger charge is -2.29. The number of halogens is 3. The SMILES string of the molecule is O=C(NCC(=O)N1CCc2ccccc2C1)c1ccc(C(F)(F)F)cc1. The molecule has 2 aromatic carbocycles. The van der Waals surface area contributed by atoms with E-state index in [1.165, 1.54) is 5.56 Å². The second kappa shape index (κ2) is 7.19. The molecule has 0 saturated carbocycles. The molecule has 136 valence electrons. The average Bonchev–Trinajstić information content (AvgIpc) is 2.64. The molecule has 1 N–H and O–H groups in total. The minimum absolute atomic E-state index is 0.0785. The Morgan fingerprint density at radius 1 is 1.00 bits per heavy atom. The van der Waals surface area contributed by atoms with Crippen molar-refractivity contribution in [2.24, 2.45) is 0 Å². The lowest BCUT2D eigenvalue weighted by molar-refractivity contribution is -0.137. The lowest BCUT2D eigenvalue weighted by atomic mass is 10.00. The number of nitrogens with one attached hydrogen (secondary N) is 1. The Hall–Kier alpha value is -2.83. The fraction of sp³-hybridized carbons (Fsp3) is 0.263. The summed E-state index contributed by atoms with van der Waals surface area (Å²) in [7, 11) is 0. The van der Waals surface area contributed by atoms with Crippen LogP contribution in [0.25, 0.3) is 0 Å². The Bertz CT molecular complexity index is 816. The summed E-state index contributed by atoms with van der Waals surface area (Å²) in [5.41, 5.74) is 1.55. The maximum absolute atomic E-state index is 12.5. The molecule has 1 aliphatic rings. The molecule has 2 amide bonds. The van der Waals surface area contributed by atoms with Crippen LogP contribution in [0.2, 0.25) is 0 Å². The van der Waals surface area contributed by atoms with Gasteiger partial charge in [0, 0.05) is 18.7 Å². The zero-order valence-corrected chi connectivity index (χ0v) is 13.8. The van der Waals surface area contributed by atoms with Crippen molar-refractivity contribution in [3.63, 3.8) is 0 Å². The molecular formula is C19H17F3N2O2. The molecule has 1 aliphatic heterocycles. The van der Waals surface area contributed by atoms with Crippen LogP contribution in [-0.2, 0) is 23.9 Å². The Morgan fingerprint density at radius 3 is 2.31 bits per heavy atom. The van der Waals surface area contributed by atoms with Crippen molar-refractivity contribution in [3.8, 4) is 0 Å². The molecule has 0 saturated heterocycles. The van der Waals surface area contributed by atoms with E-state index in [0.717, 1.165) is 36.2 Å². The molecule has 26 heavy (non-hydrogen) atoms. The first-order valence-corrected chi connectivity index (χ1v) is 8.14. The molecule has 7 heteroatoms. The highest BCUT2D eigenvalue weighted by Crippen LogP contribution is 2.29. The minimum atomic E-state index is -4.45. The van der Waals surface area contributed by atoms with Gasteiger partial charge in [-0.1, -0.05) is 24.3 Å². The number of amides is 2. The number of hydrogen-bond donors (Lipinski definition) is 1. The normalized spacial score (nSPS) is 13.9. The van der Waals surface area contributed by atoms with Crippen LogP contribution < -0.4 is 5.32 Å². The summed E-state index contributed by atoms with van der Waals surface area (Å²) in [5, 5.41) is 2.47. The fourth-order valence-electron chi connectivity index (χ4n) is 2.89. The third-order valence-electron chi connectivity index (χ3n) is 4.36. The Labute approximate surface area is 148 Å². The van der Waals surface area contributed by atoms with E-state index in [9.17, 15) is 22.8 Å². The van der Waals surface area contributed by atoms with Crippen LogP contribution in [-0.4, -0.2) is 29.8 Å². The monoisotopic (exact) mass is 362 g/mol. The Morgan fingerprint density at radius 2 is 1.65 bits per heavy atom. The number of hydrogen-bond acceptors (Lipinski definition) is 2. The van der Waals surface area contributed by atoms with E-state index in [-0.39, 0.29) is 18.0 Å². The van der Waals surface area contributed by atoms with Gasteiger partial charge in [0.15, 0.2) is 0 Å². The van der Waals surface area contributed by atoms with Crippen LogP contribution in [0.4, 0.5) is 13.2 Å². The zero-order valence-electron chi connectivity index (χ0n) is 13.8. The minimum Gasteiger partial charge on any atom is -0.343 e. The third-order valence-corrected chi connectivity index (χ3v) is 4.36. The first kappa shape index (κ1) is 18.0. The number of fused-ring (bicyclic) bond motifs is 1. The summed E-state index contributed by atoms with van der Waals surface area (Å²) in [4.78, 5) is 26.0. The first-order chi connectivity index (χ1) is 12.3. The average molecular weight is 362 g/mol. The molecule has 0 aliphatic carbocycles. The van der Waals surface area contributed by atoms with E-state index in [2.05, 4.69) is 5.32 Å². The van der Waals surface area contributed by atoms with Gasteiger partial charge >= 0.3 is 6.18 Å². The molecule has 4 nitrogen and oxygen atoms in total. The summed E-state index contributed by atoms with van der Waals surface area (Å²) in [6.07, 6.45) is -3.69. The van der Waals surface area contributed by atoms with Crippen LogP contribution in [0.3, 0.4) is 0 Å². The molecule has 0 fully saturated rings. The van der Waals surface area contributed by atoms with Gasteiger partial charge in [0.25, 0.3) is 5.91 Å². The predicted octanol–water partition coefficient (Wildman–Crippen LogP) is 3.02. The predicted molar refractivity (Wildman–Crippen MR) is 89.3 cm³/mol. The number of carbonyl (C=O) groups excluding carboxylic acids is 2. The van der Waals surface area contributed by atoms with Gasteiger partial charge in [-0.05, 0) is 41.8 Å². The van der Waals surface area contributed by atoms with Crippen LogP contribution >= 0.6 is 0 Å². The lowest BCUT2D eigenvalue weighted by Crippen LogP contribution is -2.42. The number of benzene rings is 2. The molecule has 3 rings (SSSR count). The zero-order chi connectivity index (χ0) is 18.7. The summed E-state index contributed by atoms with van der Waals surface area (Å²) < 4.78 is 37.6. The topological polar surface area (TPSA) is 49.4 Å². The summed E-state index contributed by atoms with van der Waals surface area (Å²) in [5.74, 6) is -0.802. The highest BCUT2D eigenvalue weighted by Gasteiger charge is 2.30. The van der Waals surface area contributed by atoms with Gasteiger partial charge in [0.2, 0.25) is 5.91 Å². The van der Waals surface area contributed by atoms with E-state index in [4.69, 9.17) is 0 Å². The van der Waals surface area contributed by atoms with Crippen molar-refractivity contribution < 1.29 is 22.8 Å². The molecule has 0 atom stereocenters. The van der Waals surface area contributed by atoms with E-state index >= 15 is 0 Å². The van der Waals surface area contributed by atoms with Crippen molar-refractivity contribution in [1.82, 2.24) is 10.2 Å². The molecule has 0 aromatic heterocycles. The van der Waals surface area contributed by atoms with Crippen molar-refractivity contribution >= 4 is 11.8 Å². The van der Waals surface area contributed by atoms with Gasteiger partial charge in [-0.25, -0.2) is 0 Å². The van der Waals surface area contributed by atoms with Gasteiger partial charge in [0.05, 0.1) is 12.1 Å². The van der Waals surface area contributed by atoms with Gasteiger partial charge in [-0.2, -0.15) is 13.2 Å². The van der Waals surface area contributed by atoms with Crippen LogP contribution in [0.1, 0.15) is 27.0 Å². The fourth-order valence-corrected chi connectivity index (χ4v) is 2.89. The van der Waals surface area contributed by atoms with E-state index in [0.29, 0.717) is 13.1 Å². The second-order valence-corrected chi connectivity index (χ2v) is 6.09. The number of alkyl halides is 3. The summed E-state index contributed by atoms with van der Waals surface area (Å²) in [6.45, 7) is 0.874. The summed E-state index contributed by atoms with van der Waals surface area (Å²) >= 11 is 0. The maximum atomic E-state index is 12.5. The van der Waals surface area contributed by atoms with Crippen molar-refractivity contribution in [3.05, 3.63) is 70.8 Å². The third kappa shape index (κ3) is 4.04. The van der Waals surface area contributed by atoms with Crippen molar-refractivity contribution in [2.45, 2.75) is 19.1 Å². The van der Waals surface area contributed by atoms with Gasteiger partial charge in [-0.15, -0.1) is 0 Å². The molecule has 0 unspecified atom stereocenters. The molecule has 0 spiro atoms. The molecule has 0 radical (unpaired) electrons. The molecule has 0 bridgehead atoms. The van der Waals surface area contributed by atoms with Crippen LogP contribution in [0, 0.1) is 0 Å². The summed E-state index contributed by atoms with van der Waals surface area (Å²) in [6, 6.07) is 11.8. The smallest absolute Gasteiger partial charge is 0.343 e. The Kier molecular flexibility index (Phi) is 4.97. The first-order valence-electron chi connectivity index (χ1n) is 8.14. The van der Waals surface area contributed by atoms with Crippen molar-refractivity contribution in [1.29, 1.82) is 0 Å². The van der Waals surface area contributed by atoms with E-state index < -0.39 is 17.6 Å². The number of rotatable bonds is 3. The van der Waals surface area contributed by atoms with E-state index in [1.807, 2.05) is 24.3 Å². The number of carbonyl (C=O) groups is 2. The van der Waals surface area contributed by atoms with E-state index in [1.54, 1.807) is 4.90 Å². The standard InChI is InChI=1S/C19H17F3N2O2/c20-19(21,22)16-7-5-14(6-8-16)18(26)23-11-17(25)24-10-9-13-3-1-2-4-15(13)12-24/h1-8H,9-12H2,(H,23,26). The second-order valence-electron chi connectivity index (χ2n) is 6.09. The molecular weight excluding hydrogens is 345 g/mol. The molecule has 1 heterocycles. The number of nitrogens with zero attached hydrogens (tertiary/aromatic N) is 1. The largest absolute Gasteiger partial charge is 0.416 e. The van der Waals surface area contributed by atoms with Crippen LogP contribution in [0.15, 0.2) is 48.5 Å². The van der Waals surface area contributed by atoms with Gasteiger partial charge < -0.3 is 10.2 Å².